The molecule has 1 unspecified atom stereocenters. The molecule has 0 radical (unpaired) electrons. The molecule has 0 spiro atoms. The summed E-state index contributed by atoms with van der Waals surface area (Å²) < 4.78 is 0. The van der Waals surface area contributed by atoms with Crippen LogP contribution in [0.15, 0.2) is 36.4 Å². The molecule has 2 aromatic rings. The number of non-ortho nitro benzene ring substituents is 1. The van der Waals surface area contributed by atoms with Gasteiger partial charge < -0.3 is 0 Å². The van der Waals surface area contributed by atoms with Crippen LogP contribution in [0.4, 0.5) is 11.4 Å². The summed E-state index contributed by atoms with van der Waals surface area (Å²) in [7, 11) is 0. The zero-order valence-electron chi connectivity index (χ0n) is 12.6. The molecule has 0 saturated carbocycles. The van der Waals surface area contributed by atoms with Crippen molar-refractivity contribution in [3.63, 3.8) is 0 Å². The predicted octanol–water partition coefficient (Wildman–Crippen LogP) is 4.27. The van der Waals surface area contributed by atoms with Crippen molar-refractivity contribution in [2.24, 2.45) is 0 Å². The number of hydrogen-bond acceptors (Lipinski definition) is 4. The van der Waals surface area contributed by atoms with Gasteiger partial charge in [-0.1, -0.05) is 25.1 Å². The highest BCUT2D eigenvalue weighted by atomic mass is 16.6. The van der Waals surface area contributed by atoms with Gasteiger partial charge in [0.15, 0.2) is 0 Å². The maximum Gasteiger partial charge on any atom is 0.273 e. The quantitative estimate of drug-likeness (QED) is 0.623. The van der Waals surface area contributed by atoms with Crippen LogP contribution >= 0.6 is 0 Å². The molecule has 114 valence electrons. The zero-order valence-corrected chi connectivity index (χ0v) is 12.6. The fraction of sp³-hybridized carbons (Fsp3) is 0.250. The van der Waals surface area contributed by atoms with E-state index in [1.807, 2.05) is 19.9 Å². The van der Waals surface area contributed by atoms with Gasteiger partial charge in [0.2, 0.25) is 0 Å². The molecule has 0 aliphatic heterocycles. The molecule has 6 nitrogen and oxygen atoms in total. The van der Waals surface area contributed by atoms with Crippen LogP contribution in [0, 0.1) is 34.1 Å². The van der Waals surface area contributed by atoms with Gasteiger partial charge in [0.25, 0.3) is 11.4 Å². The van der Waals surface area contributed by atoms with Crippen LogP contribution in [-0.2, 0) is 0 Å². The van der Waals surface area contributed by atoms with Gasteiger partial charge in [-0.2, -0.15) is 0 Å². The average Bonchev–Trinajstić information content (AvgIpc) is 2.45. The van der Waals surface area contributed by atoms with Crippen molar-refractivity contribution in [2.75, 3.05) is 0 Å². The summed E-state index contributed by atoms with van der Waals surface area (Å²) in [6.07, 6.45) is 0. The van der Waals surface area contributed by atoms with E-state index in [4.69, 9.17) is 0 Å². The molecule has 0 aliphatic rings. The Balaban J connectivity index is 2.56. The molecular weight excluding hydrogens is 284 g/mol. The monoisotopic (exact) mass is 300 g/mol. The van der Waals surface area contributed by atoms with E-state index < -0.39 is 4.92 Å². The first-order chi connectivity index (χ1) is 10.3. The van der Waals surface area contributed by atoms with E-state index in [0.29, 0.717) is 5.56 Å². The van der Waals surface area contributed by atoms with Crippen molar-refractivity contribution in [3.05, 3.63) is 78.9 Å². The normalized spacial score (nSPS) is 12.0. The molecule has 0 fully saturated rings. The van der Waals surface area contributed by atoms with Crippen LogP contribution in [0.2, 0.25) is 0 Å². The first-order valence-electron chi connectivity index (χ1n) is 6.81. The van der Waals surface area contributed by atoms with Crippen molar-refractivity contribution in [1.29, 1.82) is 0 Å². The highest BCUT2D eigenvalue weighted by Gasteiger charge is 2.23. The molecular formula is C16H16N2O4. The van der Waals surface area contributed by atoms with Crippen molar-refractivity contribution < 1.29 is 9.85 Å². The van der Waals surface area contributed by atoms with E-state index >= 15 is 0 Å². The summed E-state index contributed by atoms with van der Waals surface area (Å²) in [5.41, 5.74) is 3.17. The van der Waals surface area contributed by atoms with Gasteiger partial charge in [0, 0.05) is 29.7 Å². The molecule has 1 atom stereocenters. The summed E-state index contributed by atoms with van der Waals surface area (Å²) >= 11 is 0. The predicted molar refractivity (Wildman–Crippen MR) is 83.2 cm³/mol. The Kier molecular flexibility index (Phi) is 4.21. The first kappa shape index (κ1) is 15.6. The Hall–Kier alpha value is -2.76. The number of hydrogen-bond donors (Lipinski definition) is 0. The van der Waals surface area contributed by atoms with Crippen LogP contribution in [0.1, 0.15) is 35.1 Å². The molecule has 0 bridgehead atoms. The Morgan fingerprint density at radius 2 is 1.64 bits per heavy atom. The lowest BCUT2D eigenvalue weighted by Crippen LogP contribution is -2.05. The Morgan fingerprint density at radius 3 is 2.18 bits per heavy atom. The van der Waals surface area contributed by atoms with Crippen molar-refractivity contribution in [1.82, 2.24) is 0 Å². The second-order valence-electron chi connectivity index (χ2n) is 5.28. The minimum absolute atomic E-state index is 0.0210. The highest BCUT2D eigenvalue weighted by molar-refractivity contribution is 5.53. The van der Waals surface area contributed by atoms with Crippen LogP contribution in [-0.4, -0.2) is 9.85 Å². The van der Waals surface area contributed by atoms with Crippen LogP contribution in [0.5, 0.6) is 0 Å². The second-order valence-corrected chi connectivity index (χ2v) is 5.28. The van der Waals surface area contributed by atoms with Crippen LogP contribution in [0.25, 0.3) is 0 Å². The number of benzene rings is 2. The third-order valence-electron chi connectivity index (χ3n) is 3.86. The van der Waals surface area contributed by atoms with Gasteiger partial charge in [-0.3, -0.25) is 20.2 Å². The topological polar surface area (TPSA) is 86.3 Å². The fourth-order valence-corrected chi connectivity index (χ4v) is 2.80. The van der Waals surface area contributed by atoms with Gasteiger partial charge in [0.1, 0.15) is 0 Å². The number of rotatable bonds is 4. The van der Waals surface area contributed by atoms with E-state index in [1.54, 1.807) is 19.1 Å². The number of aryl methyl sites for hydroxylation is 2. The molecule has 0 amide bonds. The van der Waals surface area contributed by atoms with Crippen molar-refractivity contribution >= 4 is 11.4 Å². The molecule has 0 aliphatic carbocycles. The summed E-state index contributed by atoms with van der Waals surface area (Å²) in [6.45, 7) is 5.49. The molecule has 6 heteroatoms. The summed E-state index contributed by atoms with van der Waals surface area (Å²) in [5, 5.41) is 22.1. The number of nitro groups is 2. The minimum Gasteiger partial charge on any atom is -0.258 e. The molecule has 2 aromatic carbocycles. The summed E-state index contributed by atoms with van der Waals surface area (Å²) in [5.74, 6) is -0.220. The van der Waals surface area contributed by atoms with Gasteiger partial charge in [0.05, 0.1) is 9.85 Å². The van der Waals surface area contributed by atoms with Gasteiger partial charge in [-0.05, 0) is 30.5 Å². The molecule has 0 aromatic heterocycles. The fourth-order valence-electron chi connectivity index (χ4n) is 2.80. The van der Waals surface area contributed by atoms with E-state index in [9.17, 15) is 20.2 Å². The smallest absolute Gasteiger partial charge is 0.258 e. The average molecular weight is 300 g/mol. The Bertz CT molecular complexity index is 756. The second kappa shape index (κ2) is 5.93. The maximum absolute atomic E-state index is 11.3. The van der Waals surface area contributed by atoms with Crippen molar-refractivity contribution in [2.45, 2.75) is 26.7 Å². The molecule has 2 rings (SSSR count). The lowest BCUT2D eigenvalue weighted by molar-refractivity contribution is -0.385. The van der Waals surface area contributed by atoms with E-state index in [0.717, 1.165) is 16.7 Å². The first-order valence-corrected chi connectivity index (χ1v) is 6.81. The van der Waals surface area contributed by atoms with Gasteiger partial charge in [-0.15, -0.1) is 0 Å². The van der Waals surface area contributed by atoms with Crippen molar-refractivity contribution in [3.8, 4) is 0 Å². The van der Waals surface area contributed by atoms with E-state index in [-0.39, 0.29) is 22.2 Å². The lowest BCUT2D eigenvalue weighted by atomic mass is 9.86. The molecule has 0 heterocycles. The summed E-state index contributed by atoms with van der Waals surface area (Å²) in [4.78, 5) is 21.2. The van der Waals surface area contributed by atoms with Gasteiger partial charge >= 0.3 is 0 Å². The van der Waals surface area contributed by atoms with E-state index in [1.165, 1.54) is 18.2 Å². The zero-order chi connectivity index (χ0) is 16.4. The molecule has 22 heavy (non-hydrogen) atoms. The largest absolute Gasteiger partial charge is 0.273 e. The Labute approximate surface area is 127 Å². The third-order valence-corrected chi connectivity index (χ3v) is 3.86. The molecule has 0 saturated heterocycles. The van der Waals surface area contributed by atoms with Crippen LogP contribution in [0.3, 0.4) is 0 Å². The number of nitro benzene ring substituents is 2. The lowest BCUT2D eigenvalue weighted by Gasteiger charge is -2.17. The Morgan fingerprint density at radius 1 is 0.955 bits per heavy atom. The summed E-state index contributed by atoms with van der Waals surface area (Å²) in [6, 6.07) is 9.58. The maximum atomic E-state index is 11.3. The SMILES string of the molecule is Cc1cc([N+](=O)[O-])ccc1C(C)c1c(C)cccc1[N+](=O)[O-]. The standard InChI is InChI=1S/C16H16N2O4/c1-10-5-4-6-15(18(21)22)16(10)12(3)14-8-7-13(17(19)20)9-11(14)2/h4-9,12H,1-3H3. The molecule has 0 N–H and O–H groups in total. The minimum atomic E-state index is -0.447. The highest BCUT2D eigenvalue weighted by Crippen LogP contribution is 2.36. The van der Waals surface area contributed by atoms with Crippen LogP contribution < -0.4 is 0 Å². The third kappa shape index (κ3) is 2.81. The van der Waals surface area contributed by atoms with E-state index in [2.05, 4.69) is 0 Å². The number of nitrogens with zero attached hydrogens (tertiary/aromatic N) is 2. The van der Waals surface area contributed by atoms with Gasteiger partial charge in [-0.25, -0.2) is 0 Å².